The number of rotatable bonds is 1. The molecule has 0 aliphatic heterocycles. The van der Waals surface area contributed by atoms with Crippen LogP contribution in [0.4, 0.5) is 8.78 Å². The molecular weight excluding hydrogens is 232 g/mol. The van der Waals surface area contributed by atoms with Crippen LogP contribution < -0.4 is 5.73 Å². The Kier molecular flexibility index (Phi) is 4.12. The fourth-order valence-corrected chi connectivity index (χ4v) is 0.778. The smallest absolute Gasteiger partial charge is 0.169 e. The van der Waals surface area contributed by atoms with E-state index in [1.54, 1.807) is 0 Å². The molecule has 0 amide bonds. The molecule has 1 rings (SSSR count). The molecule has 0 aliphatic rings. The molecule has 0 saturated carbocycles. The highest BCUT2D eigenvalue weighted by Gasteiger charge is 2.07. The molecule has 0 heterocycles. The van der Waals surface area contributed by atoms with E-state index in [0.29, 0.717) is 6.07 Å². The van der Waals surface area contributed by atoms with E-state index in [2.05, 4.69) is 0 Å². The van der Waals surface area contributed by atoms with Crippen molar-refractivity contribution in [1.82, 2.24) is 0 Å². The molecule has 1 aromatic carbocycles. The highest BCUT2D eigenvalue weighted by molar-refractivity contribution is 8.93. The molecule has 0 bridgehead atoms. The normalized spacial score (nSPS) is 9.25. The van der Waals surface area contributed by atoms with Gasteiger partial charge in [-0.15, -0.1) is 17.0 Å². The van der Waals surface area contributed by atoms with E-state index in [-0.39, 0.29) is 29.1 Å². The highest BCUT2D eigenvalue weighted by atomic mass is 79.9. The number of hydrogen-bond donors (Lipinski definition) is 2. The van der Waals surface area contributed by atoms with Gasteiger partial charge in [-0.25, -0.2) is 8.78 Å². The van der Waals surface area contributed by atoms with Crippen molar-refractivity contribution in [2.24, 2.45) is 5.73 Å². The van der Waals surface area contributed by atoms with Crippen molar-refractivity contribution >= 4 is 17.0 Å². The number of phenolic OH excluding ortho intramolecular Hbond substituents is 1. The summed E-state index contributed by atoms with van der Waals surface area (Å²) in [5.41, 5.74) is 5.05. The molecule has 0 fully saturated rings. The molecule has 5 heteroatoms. The minimum atomic E-state index is -0.853. The minimum Gasteiger partial charge on any atom is -0.505 e. The Bertz CT molecular complexity index is 280. The van der Waals surface area contributed by atoms with Crippen molar-refractivity contribution in [1.29, 1.82) is 0 Å². The maximum Gasteiger partial charge on any atom is 0.169 e. The van der Waals surface area contributed by atoms with Gasteiger partial charge in [-0.05, 0) is 6.07 Å². The summed E-state index contributed by atoms with van der Waals surface area (Å²) in [7, 11) is 0. The first kappa shape index (κ1) is 11.3. The minimum absolute atomic E-state index is 0. The van der Waals surface area contributed by atoms with Gasteiger partial charge in [0.2, 0.25) is 0 Å². The lowest BCUT2D eigenvalue weighted by atomic mass is 10.2. The van der Waals surface area contributed by atoms with Gasteiger partial charge in [-0.3, -0.25) is 0 Å². The average molecular weight is 240 g/mol. The summed E-state index contributed by atoms with van der Waals surface area (Å²) >= 11 is 0. The van der Waals surface area contributed by atoms with Crippen LogP contribution in [0, 0.1) is 11.6 Å². The van der Waals surface area contributed by atoms with Gasteiger partial charge >= 0.3 is 0 Å². The summed E-state index contributed by atoms with van der Waals surface area (Å²) in [5.74, 6) is -2.25. The number of phenols is 1. The van der Waals surface area contributed by atoms with E-state index in [1.807, 2.05) is 0 Å². The molecule has 0 unspecified atom stereocenters. The topological polar surface area (TPSA) is 46.2 Å². The van der Waals surface area contributed by atoms with Crippen molar-refractivity contribution in [3.63, 3.8) is 0 Å². The van der Waals surface area contributed by atoms with Crippen LogP contribution in [0.2, 0.25) is 0 Å². The zero-order chi connectivity index (χ0) is 8.43. The molecule has 0 atom stereocenters. The zero-order valence-electron chi connectivity index (χ0n) is 6.05. The molecule has 0 aromatic heterocycles. The third kappa shape index (κ3) is 2.15. The van der Waals surface area contributed by atoms with E-state index in [0.717, 1.165) is 6.07 Å². The quantitative estimate of drug-likeness (QED) is 0.784. The monoisotopic (exact) mass is 239 g/mol. The van der Waals surface area contributed by atoms with Crippen LogP contribution in [0.1, 0.15) is 5.56 Å². The van der Waals surface area contributed by atoms with Gasteiger partial charge in [0.15, 0.2) is 11.6 Å². The predicted molar refractivity (Wildman–Crippen MR) is 46.2 cm³/mol. The summed E-state index contributed by atoms with van der Waals surface area (Å²) in [6, 6.07) is 1.66. The summed E-state index contributed by atoms with van der Waals surface area (Å²) in [6.07, 6.45) is 0. The van der Waals surface area contributed by atoms with E-state index < -0.39 is 17.4 Å². The molecule has 0 saturated heterocycles. The molecule has 1 aromatic rings. The first-order chi connectivity index (χ1) is 5.15. The van der Waals surface area contributed by atoms with Crippen LogP contribution in [-0.2, 0) is 6.54 Å². The van der Waals surface area contributed by atoms with Gasteiger partial charge < -0.3 is 10.8 Å². The largest absolute Gasteiger partial charge is 0.505 e. The highest BCUT2D eigenvalue weighted by Crippen LogP contribution is 2.20. The van der Waals surface area contributed by atoms with Gasteiger partial charge in [0, 0.05) is 18.2 Å². The lowest BCUT2D eigenvalue weighted by molar-refractivity contribution is 0.422. The predicted octanol–water partition coefficient (Wildman–Crippen LogP) is 1.71. The van der Waals surface area contributed by atoms with Crippen molar-refractivity contribution in [2.45, 2.75) is 6.54 Å². The third-order valence-electron chi connectivity index (χ3n) is 1.31. The SMILES string of the molecule is Br.NCc1cc(F)cc(O)c1F. The van der Waals surface area contributed by atoms with E-state index >= 15 is 0 Å². The molecule has 68 valence electrons. The van der Waals surface area contributed by atoms with Gasteiger partial charge in [-0.1, -0.05) is 0 Å². The second-order valence-corrected chi connectivity index (χ2v) is 2.10. The molecule has 2 nitrogen and oxygen atoms in total. The average Bonchev–Trinajstić information content (AvgIpc) is 1.96. The van der Waals surface area contributed by atoms with E-state index in [9.17, 15) is 8.78 Å². The number of nitrogens with two attached hydrogens (primary N) is 1. The van der Waals surface area contributed by atoms with Crippen molar-refractivity contribution in [3.8, 4) is 5.75 Å². The number of benzene rings is 1. The van der Waals surface area contributed by atoms with Crippen LogP contribution in [0.5, 0.6) is 5.75 Å². The number of aromatic hydroxyl groups is 1. The molecule has 0 spiro atoms. The second-order valence-electron chi connectivity index (χ2n) is 2.10. The first-order valence-corrected chi connectivity index (χ1v) is 3.02. The third-order valence-corrected chi connectivity index (χ3v) is 1.31. The fourth-order valence-electron chi connectivity index (χ4n) is 0.778. The Morgan fingerprint density at radius 3 is 2.42 bits per heavy atom. The van der Waals surface area contributed by atoms with Crippen LogP contribution in [-0.4, -0.2) is 5.11 Å². The van der Waals surface area contributed by atoms with Crippen molar-refractivity contribution in [2.75, 3.05) is 0 Å². The lowest BCUT2D eigenvalue weighted by Gasteiger charge is -2.00. The molecular formula is C7H8BrF2NO. The lowest BCUT2D eigenvalue weighted by Crippen LogP contribution is -2.00. The first-order valence-electron chi connectivity index (χ1n) is 3.02. The Balaban J connectivity index is 0.00000121. The van der Waals surface area contributed by atoms with Gasteiger partial charge in [0.1, 0.15) is 5.82 Å². The molecule has 0 aliphatic carbocycles. The molecule has 3 N–H and O–H groups in total. The Morgan fingerprint density at radius 1 is 1.33 bits per heavy atom. The summed E-state index contributed by atoms with van der Waals surface area (Å²) in [4.78, 5) is 0. The van der Waals surface area contributed by atoms with Crippen LogP contribution in [0.15, 0.2) is 12.1 Å². The van der Waals surface area contributed by atoms with Crippen molar-refractivity contribution < 1.29 is 13.9 Å². The summed E-state index contributed by atoms with van der Waals surface area (Å²) in [6.45, 7) is -0.128. The maximum absolute atomic E-state index is 12.7. The van der Waals surface area contributed by atoms with Gasteiger partial charge in [0.05, 0.1) is 0 Å². The van der Waals surface area contributed by atoms with E-state index in [1.165, 1.54) is 0 Å². The second kappa shape index (κ2) is 4.37. The van der Waals surface area contributed by atoms with Crippen LogP contribution in [0.3, 0.4) is 0 Å². The van der Waals surface area contributed by atoms with E-state index in [4.69, 9.17) is 10.8 Å². The Hall–Kier alpha value is -0.680. The fraction of sp³-hybridized carbons (Fsp3) is 0.143. The van der Waals surface area contributed by atoms with Crippen molar-refractivity contribution in [3.05, 3.63) is 29.3 Å². The summed E-state index contributed by atoms with van der Waals surface area (Å²) < 4.78 is 25.1. The zero-order valence-corrected chi connectivity index (χ0v) is 7.76. The Morgan fingerprint density at radius 2 is 1.92 bits per heavy atom. The summed E-state index contributed by atoms with van der Waals surface area (Å²) in [5, 5.41) is 8.74. The maximum atomic E-state index is 12.7. The molecule has 0 radical (unpaired) electrons. The van der Waals surface area contributed by atoms with Gasteiger partial charge in [-0.2, -0.15) is 0 Å². The van der Waals surface area contributed by atoms with Crippen LogP contribution >= 0.6 is 17.0 Å². The number of halogens is 3. The van der Waals surface area contributed by atoms with Gasteiger partial charge in [0.25, 0.3) is 0 Å². The molecule has 12 heavy (non-hydrogen) atoms. The number of hydrogen-bond acceptors (Lipinski definition) is 2. The Labute approximate surface area is 78.8 Å². The standard InChI is InChI=1S/C7H7F2NO.BrH/c8-5-1-4(3-10)7(9)6(11)2-5;/h1-2,11H,3,10H2;1H. The van der Waals surface area contributed by atoms with Crippen LogP contribution in [0.25, 0.3) is 0 Å².